The number of aliphatic hydroxyl groups excluding tert-OH is 1. The van der Waals surface area contributed by atoms with Gasteiger partial charge in [-0.05, 0) is 43.7 Å². The molecule has 0 saturated heterocycles. The molecular weight excluding hydrogens is 466 g/mol. The molecule has 0 aliphatic carbocycles. The molecule has 2 aromatic heterocycles. The van der Waals surface area contributed by atoms with E-state index in [0.717, 1.165) is 45.5 Å². The van der Waals surface area contributed by atoms with Gasteiger partial charge in [-0.3, -0.25) is 4.79 Å². The summed E-state index contributed by atoms with van der Waals surface area (Å²) in [6, 6.07) is 11.6. The number of rotatable bonds is 3. The lowest BCUT2D eigenvalue weighted by molar-refractivity contribution is -0.00969. The number of aliphatic hydroxyl groups is 2. The minimum Gasteiger partial charge on any atom is -0.393 e. The van der Waals surface area contributed by atoms with Gasteiger partial charge in [0.1, 0.15) is 11.4 Å². The minimum atomic E-state index is -1.50. The number of hydrogen-bond donors (Lipinski definition) is 2. The topological polar surface area (TPSA) is 104 Å². The number of imidazole rings is 1. The second-order valence-corrected chi connectivity index (χ2v) is 9.60. The summed E-state index contributed by atoms with van der Waals surface area (Å²) >= 11 is 0. The van der Waals surface area contributed by atoms with E-state index in [-0.39, 0.29) is 31.2 Å². The van der Waals surface area contributed by atoms with Gasteiger partial charge in [-0.1, -0.05) is 25.5 Å². The Balaban J connectivity index is 0.00000280. The van der Waals surface area contributed by atoms with Crippen molar-refractivity contribution < 1.29 is 15.0 Å². The van der Waals surface area contributed by atoms with Crippen LogP contribution in [-0.2, 0) is 5.60 Å². The number of hydrogen-bond acceptors (Lipinski definition) is 6. The highest BCUT2D eigenvalue weighted by atomic mass is 16.3. The lowest BCUT2D eigenvalue weighted by Gasteiger charge is -2.24. The Hall–Kier alpha value is -4.06. The van der Waals surface area contributed by atoms with Crippen molar-refractivity contribution in [1.82, 2.24) is 24.4 Å². The molecule has 188 valence electrons. The Kier molecular flexibility index (Phi) is 5.86. The van der Waals surface area contributed by atoms with Gasteiger partial charge in [0.15, 0.2) is 5.82 Å². The lowest BCUT2D eigenvalue weighted by Crippen LogP contribution is -2.30. The molecule has 3 unspecified atom stereocenters. The first kappa shape index (κ1) is 24.6. The SMILES string of the molecule is C.CC#Cc1cccc2c1C1CC(c3nc4ccc(-c5cnc(C(C)(O)CO)nc5)cc4n31)N(C)C2=O. The highest BCUT2D eigenvalue weighted by Gasteiger charge is 2.44. The molecular formula is C29H29N5O3. The van der Waals surface area contributed by atoms with Gasteiger partial charge in [-0.2, -0.15) is 0 Å². The fourth-order valence-corrected chi connectivity index (χ4v) is 5.37. The third kappa shape index (κ3) is 3.62. The van der Waals surface area contributed by atoms with Gasteiger partial charge in [0.25, 0.3) is 5.91 Å². The second kappa shape index (κ2) is 8.80. The molecule has 0 spiro atoms. The summed E-state index contributed by atoms with van der Waals surface area (Å²) in [6.07, 6.45) is 4.04. The summed E-state index contributed by atoms with van der Waals surface area (Å²) in [5.74, 6) is 7.23. The Labute approximate surface area is 215 Å². The van der Waals surface area contributed by atoms with Crippen LogP contribution >= 0.6 is 0 Å². The molecule has 8 heteroatoms. The lowest BCUT2D eigenvalue weighted by atomic mass is 9.93. The van der Waals surface area contributed by atoms with Crippen LogP contribution in [-0.4, -0.2) is 54.2 Å². The summed E-state index contributed by atoms with van der Waals surface area (Å²) in [5.41, 5.74) is 4.53. The van der Waals surface area contributed by atoms with Gasteiger partial charge in [0.2, 0.25) is 0 Å². The molecule has 2 bridgehead atoms. The van der Waals surface area contributed by atoms with Crippen molar-refractivity contribution in [1.29, 1.82) is 0 Å². The van der Waals surface area contributed by atoms with Crippen molar-refractivity contribution in [2.24, 2.45) is 0 Å². The number of carbonyl (C=O) groups excluding carboxylic acids is 1. The largest absolute Gasteiger partial charge is 0.393 e. The van der Waals surface area contributed by atoms with Gasteiger partial charge in [0.05, 0.1) is 29.7 Å². The highest BCUT2D eigenvalue weighted by Crippen LogP contribution is 2.48. The summed E-state index contributed by atoms with van der Waals surface area (Å²) in [4.78, 5) is 28.7. The standard InChI is InChI=1S/C28H25N5O3.CH4/c1-4-6-16-7-5-8-19-24(16)22-12-23(32(3)26(19)35)25-31-20-10-9-17(11-21(20)33(22)25)18-13-29-27(30-14-18)28(2,36)15-34;/h5,7-11,13-14,22-23,34,36H,12,15H2,1-3H3;1H4. The zero-order valence-corrected chi connectivity index (χ0v) is 20.2. The maximum absolute atomic E-state index is 13.4. The fourth-order valence-electron chi connectivity index (χ4n) is 5.37. The summed E-state index contributed by atoms with van der Waals surface area (Å²) < 4.78 is 2.25. The quantitative estimate of drug-likeness (QED) is 0.419. The van der Waals surface area contributed by atoms with Gasteiger partial charge in [-0.25, -0.2) is 15.0 Å². The predicted molar refractivity (Wildman–Crippen MR) is 141 cm³/mol. The third-order valence-electron chi connectivity index (χ3n) is 7.27. The molecule has 2 aliphatic rings. The van der Waals surface area contributed by atoms with Crippen molar-refractivity contribution in [3.63, 3.8) is 0 Å². The first-order valence-electron chi connectivity index (χ1n) is 11.8. The van der Waals surface area contributed by atoms with Crippen molar-refractivity contribution >= 4 is 16.9 Å². The van der Waals surface area contributed by atoms with Crippen LogP contribution in [0.25, 0.3) is 22.2 Å². The van der Waals surface area contributed by atoms with Crippen LogP contribution in [0.5, 0.6) is 0 Å². The highest BCUT2D eigenvalue weighted by molar-refractivity contribution is 5.98. The molecule has 0 saturated carbocycles. The zero-order valence-electron chi connectivity index (χ0n) is 20.2. The summed E-state index contributed by atoms with van der Waals surface area (Å²) in [7, 11) is 1.85. The van der Waals surface area contributed by atoms with E-state index in [0.29, 0.717) is 5.56 Å². The number of amides is 1. The zero-order chi connectivity index (χ0) is 25.2. The minimum absolute atomic E-state index is 0. The van der Waals surface area contributed by atoms with Crippen LogP contribution in [0.1, 0.15) is 72.9 Å². The molecule has 6 rings (SSSR count). The van der Waals surface area contributed by atoms with E-state index in [4.69, 9.17) is 4.98 Å². The average molecular weight is 496 g/mol. The van der Waals surface area contributed by atoms with Crippen molar-refractivity contribution in [3.05, 3.63) is 77.1 Å². The summed E-state index contributed by atoms with van der Waals surface area (Å²) in [5, 5.41) is 19.6. The van der Waals surface area contributed by atoms with Gasteiger partial charge in [0, 0.05) is 48.1 Å². The number of benzene rings is 2. The molecule has 2 aliphatic heterocycles. The average Bonchev–Trinajstić information content (AvgIpc) is 3.42. The van der Waals surface area contributed by atoms with E-state index in [1.54, 1.807) is 24.2 Å². The maximum atomic E-state index is 13.4. The van der Waals surface area contributed by atoms with Crippen molar-refractivity contribution in [2.45, 2.75) is 45.4 Å². The van der Waals surface area contributed by atoms with Crippen LogP contribution in [0.3, 0.4) is 0 Å². The number of carbonyl (C=O) groups is 1. The molecule has 0 radical (unpaired) electrons. The van der Waals surface area contributed by atoms with Crippen molar-refractivity contribution in [3.8, 4) is 23.0 Å². The Morgan fingerprint density at radius 1 is 1.14 bits per heavy atom. The number of fused-ring (bicyclic) bond motifs is 9. The second-order valence-electron chi connectivity index (χ2n) is 9.60. The van der Waals surface area contributed by atoms with E-state index in [1.165, 1.54) is 6.92 Å². The van der Waals surface area contributed by atoms with E-state index in [2.05, 4.69) is 32.4 Å². The molecule has 8 nitrogen and oxygen atoms in total. The Morgan fingerprint density at radius 3 is 2.59 bits per heavy atom. The Morgan fingerprint density at radius 2 is 1.89 bits per heavy atom. The number of nitrogens with zero attached hydrogens (tertiary/aromatic N) is 5. The molecule has 0 fully saturated rings. The normalized spacial score (nSPS) is 19.3. The Bertz CT molecular complexity index is 1590. The fraction of sp³-hybridized carbons (Fsp3) is 0.310. The molecule has 37 heavy (non-hydrogen) atoms. The van der Waals surface area contributed by atoms with Crippen LogP contribution in [0, 0.1) is 11.8 Å². The summed E-state index contributed by atoms with van der Waals surface area (Å²) in [6.45, 7) is 2.81. The smallest absolute Gasteiger partial charge is 0.254 e. The first-order valence-corrected chi connectivity index (χ1v) is 11.8. The van der Waals surface area contributed by atoms with Crippen molar-refractivity contribution in [2.75, 3.05) is 13.7 Å². The van der Waals surface area contributed by atoms with E-state index in [9.17, 15) is 15.0 Å². The van der Waals surface area contributed by atoms with Crippen LogP contribution in [0.4, 0.5) is 0 Å². The molecule has 3 atom stereocenters. The molecule has 2 aromatic carbocycles. The van der Waals surface area contributed by atoms with Gasteiger partial charge < -0.3 is 19.7 Å². The molecule has 4 heterocycles. The van der Waals surface area contributed by atoms with E-state index >= 15 is 0 Å². The van der Waals surface area contributed by atoms with Crippen LogP contribution < -0.4 is 0 Å². The molecule has 2 N–H and O–H groups in total. The van der Waals surface area contributed by atoms with Gasteiger partial charge >= 0.3 is 0 Å². The monoisotopic (exact) mass is 495 g/mol. The van der Waals surface area contributed by atoms with Gasteiger partial charge in [-0.15, -0.1) is 5.92 Å². The van der Waals surface area contributed by atoms with E-state index < -0.39 is 12.2 Å². The number of aromatic nitrogens is 4. The van der Waals surface area contributed by atoms with Crippen LogP contribution in [0.2, 0.25) is 0 Å². The predicted octanol–water partition coefficient (Wildman–Crippen LogP) is 3.82. The van der Waals surface area contributed by atoms with E-state index in [1.807, 2.05) is 37.4 Å². The molecule has 1 amide bonds. The van der Waals surface area contributed by atoms with Crippen LogP contribution in [0.15, 0.2) is 48.8 Å². The third-order valence-corrected chi connectivity index (χ3v) is 7.27. The first-order chi connectivity index (χ1) is 17.3. The maximum Gasteiger partial charge on any atom is 0.254 e. The molecule has 4 aromatic rings.